The van der Waals surface area contributed by atoms with E-state index in [-0.39, 0.29) is 43.3 Å². The van der Waals surface area contributed by atoms with Crippen LogP contribution in [0.15, 0.2) is 100 Å². The summed E-state index contributed by atoms with van der Waals surface area (Å²) in [5, 5.41) is 8.15. The monoisotopic (exact) mass is 1350 g/mol. The smallest absolute Gasteiger partial charge is 0.273 e. The van der Waals surface area contributed by atoms with Gasteiger partial charge in [0, 0.05) is 80.0 Å². The highest BCUT2D eigenvalue weighted by atomic mass is 32.1. The van der Waals surface area contributed by atoms with Gasteiger partial charge in [0.25, 0.3) is 11.8 Å². The fraction of sp³-hybridized carbons (Fsp3) is 0.488. The first-order valence-electron chi connectivity index (χ1n) is 31.9. The van der Waals surface area contributed by atoms with Crippen molar-refractivity contribution in [2.24, 2.45) is 20.8 Å². The lowest BCUT2D eigenvalue weighted by Gasteiger charge is -2.31. The summed E-state index contributed by atoms with van der Waals surface area (Å²) in [4.78, 5) is 25.5. The van der Waals surface area contributed by atoms with Crippen molar-refractivity contribution in [3.8, 4) is 98.8 Å². The van der Waals surface area contributed by atoms with Crippen molar-refractivity contribution in [3.63, 3.8) is 0 Å². The summed E-state index contributed by atoms with van der Waals surface area (Å²) in [6.07, 6.45) is 57.6. The topological polar surface area (TPSA) is 158 Å². The largest absolute Gasteiger partial charge is 0.438 e. The number of thiazole rings is 1. The number of hydrogen-bond donors (Lipinski definition) is 0. The molecule has 6 aromatic heterocycles. The van der Waals surface area contributed by atoms with E-state index in [2.05, 4.69) is 256 Å². The van der Waals surface area contributed by atoms with Crippen molar-refractivity contribution >= 4 is 34.3 Å². The molecule has 516 valence electrons. The van der Waals surface area contributed by atoms with Gasteiger partial charge >= 0.3 is 0 Å². The van der Waals surface area contributed by atoms with Gasteiger partial charge in [-0.1, -0.05) is 207 Å². The third kappa shape index (κ3) is 31.7. The number of terminal acetylenes is 8. The van der Waals surface area contributed by atoms with Gasteiger partial charge in [-0.2, -0.15) is 4.37 Å². The molecule has 0 atom stereocenters. The highest BCUT2D eigenvalue weighted by Gasteiger charge is 2.25. The molecule has 0 aromatic carbocycles. The minimum atomic E-state index is -0.0118. The van der Waals surface area contributed by atoms with E-state index < -0.39 is 0 Å². The lowest BCUT2D eigenvalue weighted by Crippen LogP contribution is -2.39. The molecule has 3 aliphatic rings. The fourth-order valence-corrected chi connectivity index (χ4v) is 8.84. The summed E-state index contributed by atoms with van der Waals surface area (Å²) in [5.74, 6) is 22.1. The lowest BCUT2D eigenvalue weighted by molar-refractivity contribution is 0.183. The van der Waals surface area contributed by atoms with Gasteiger partial charge in [0.05, 0.1) is 24.1 Å². The van der Waals surface area contributed by atoms with Gasteiger partial charge in [0.1, 0.15) is 35.5 Å². The maximum Gasteiger partial charge on any atom is 0.273 e. The van der Waals surface area contributed by atoms with Crippen LogP contribution in [-0.4, -0.2) is 71.1 Å². The van der Waals surface area contributed by atoms with Gasteiger partial charge in [0.2, 0.25) is 0 Å². The highest BCUT2D eigenvalue weighted by Crippen LogP contribution is 2.32. The van der Waals surface area contributed by atoms with Crippen molar-refractivity contribution in [2.75, 3.05) is 19.6 Å². The molecule has 0 saturated heterocycles. The van der Waals surface area contributed by atoms with E-state index in [1.54, 1.807) is 36.1 Å². The Hall–Kier alpha value is -8.90. The van der Waals surface area contributed by atoms with Crippen molar-refractivity contribution in [1.29, 1.82) is 0 Å². The molecule has 97 heavy (non-hydrogen) atoms. The maximum atomic E-state index is 5.25. The standard InChI is InChI=1S/2C10H13N.4C9H11NO.2C9H11NS.C8H15N/c1-5-9-6-8(7-11-9)10(2,3)4;1-5-8-6-7-9(11-8)10(2,3)4;1-5-8-10-7(6-11-8)9(2,3)4;1-5-8-10-6-7(11-8)9(2,3)4;1-5-8-7(6-11-10-8)9(2,3)4;1-5-7-6-8(11-10-7)9(2,3)4;1-5-8-10-6-7(11-8)9(2,3)4;1-5-7-6-8(11-10-7)9(2,3)4;1-8(2,3)9-6-4-5-7-9/h1,6H,7H2,2-4H3;1,7H,6H2,2-4H3;6*1,6H,2-4H3;4-5H,6-7H2,1-3H3. The van der Waals surface area contributed by atoms with Crippen LogP contribution in [0.5, 0.6) is 0 Å². The number of rotatable bonds is 0. The van der Waals surface area contributed by atoms with E-state index in [9.17, 15) is 0 Å². The molecule has 13 nitrogen and oxygen atoms in total. The summed E-state index contributed by atoms with van der Waals surface area (Å²) in [6.45, 7) is 60.3. The second kappa shape index (κ2) is 37.0. The third-order valence-corrected chi connectivity index (χ3v) is 16.3. The second-order valence-electron chi connectivity index (χ2n) is 31.8. The van der Waals surface area contributed by atoms with Gasteiger partial charge in [-0.15, -0.1) is 62.7 Å². The summed E-state index contributed by atoms with van der Waals surface area (Å²) in [5.41, 5.74) is 8.94. The van der Waals surface area contributed by atoms with Gasteiger partial charge in [-0.3, -0.25) is 9.89 Å². The third-order valence-electron chi connectivity index (χ3n) is 13.7. The number of hydrogen-bond acceptors (Lipinski definition) is 15. The Labute approximate surface area is 592 Å². The van der Waals surface area contributed by atoms with Crippen molar-refractivity contribution in [2.45, 2.75) is 231 Å². The van der Waals surface area contributed by atoms with Gasteiger partial charge in [0.15, 0.2) is 16.4 Å². The molecular formula is C82H107N9O4S2. The quantitative estimate of drug-likeness (QED) is 0.105. The zero-order valence-corrected chi connectivity index (χ0v) is 64.8. The molecular weight excluding hydrogens is 1240 g/mol. The van der Waals surface area contributed by atoms with E-state index in [1.807, 2.05) is 59.9 Å². The average molecular weight is 1350 g/mol. The van der Waals surface area contributed by atoms with E-state index in [1.165, 1.54) is 26.9 Å². The molecule has 9 heterocycles. The lowest BCUT2D eigenvalue weighted by atomic mass is 9.87. The molecule has 0 bridgehead atoms. The van der Waals surface area contributed by atoms with Crippen LogP contribution in [0.25, 0.3) is 0 Å². The van der Waals surface area contributed by atoms with Crippen LogP contribution in [0.4, 0.5) is 0 Å². The minimum absolute atomic E-state index is 0.0118. The molecule has 0 N–H and O–H groups in total. The molecule has 0 radical (unpaired) electrons. The second-order valence-corrected chi connectivity index (χ2v) is 33.6. The molecule has 0 amide bonds. The number of aromatic nitrogens is 6. The number of allylic oxidation sites excluding steroid dienone is 3. The van der Waals surface area contributed by atoms with Crippen LogP contribution in [-0.2, 0) is 32.5 Å². The Morgan fingerprint density at radius 1 is 0.515 bits per heavy atom. The molecule has 9 rings (SSSR count). The summed E-state index contributed by atoms with van der Waals surface area (Å²) in [7, 11) is 0. The summed E-state index contributed by atoms with van der Waals surface area (Å²) < 4.78 is 24.1. The Morgan fingerprint density at radius 2 is 1.09 bits per heavy atom. The van der Waals surface area contributed by atoms with Crippen LogP contribution >= 0.6 is 22.9 Å². The van der Waals surface area contributed by atoms with Gasteiger partial charge in [-0.05, 0) is 107 Å². The molecule has 0 aliphatic carbocycles. The van der Waals surface area contributed by atoms with Gasteiger partial charge < -0.3 is 17.9 Å². The minimum Gasteiger partial charge on any atom is -0.438 e. The van der Waals surface area contributed by atoms with Crippen molar-refractivity contribution in [1.82, 2.24) is 34.5 Å². The molecule has 0 fully saturated rings. The summed E-state index contributed by atoms with van der Waals surface area (Å²) >= 11 is 3.08. The van der Waals surface area contributed by atoms with Crippen LogP contribution in [0.2, 0.25) is 0 Å². The normalized spacial score (nSPS) is 13.4. The van der Waals surface area contributed by atoms with Crippen LogP contribution in [0, 0.1) is 110 Å². The average Bonchev–Trinajstić information content (AvgIpc) is 1.79. The molecule has 6 aromatic rings. The van der Waals surface area contributed by atoms with Crippen LogP contribution in [0.3, 0.4) is 0 Å². The van der Waals surface area contributed by atoms with E-state index >= 15 is 0 Å². The van der Waals surface area contributed by atoms with Crippen LogP contribution < -0.4 is 0 Å². The summed E-state index contributed by atoms with van der Waals surface area (Å²) in [6, 6.07) is 3.77. The first-order valence-corrected chi connectivity index (χ1v) is 33.5. The number of oxazole rings is 2. The molecule has 0 unspecified atom stereocenters. The number of nitrogens with zero attached hydrogens (tertiary/aromatic N) is 9. The Kier molecular flexibility index (Phi) is 32.8. The van der Waals surface area contributed by atoms with E-state index in [4.69, 9.17) is 69.3 Å². The molecule has 0 spiro atoms. The number of aliphatic imine (C=N–C) groups is 2. The molecule has 0 saturated carbocycles. The Bertz CT molecular complexity index is 3620. The first kappa shape index (κ1) is 86.1. The Balaban J connectivity index is 0.000000546. The fourth-order valence-electron chi connectivity index (χ4n) is 7.31. The molecule has 15 heteroatoms. The zero-order chi connectivity index (χ0) is 74.8. The van der Waals surface area contributed by atoms with Crippen molar-refractivity contribution in [3.05, 3.63) is 139 Å². The first-order chi connectivity index (χ1) is 44.4. The van der Waals surface area contributed by atoms with Crippen molar-refractivity contribution < 1.29 is 17.9 Å². The van der Waals surface area contributed by atoms with E-state index in [0.29, 0.717) is 28.7 Å². The van der Waals surface area contributed by atoms with Gasteiger partial charge in [-0.25, -0.2) is 19.9 Å². The Morgan fingerprint density at radius 3 is 1.37 bits per heavy atom. The SMILES string of the molecule is C#CC1=NC(C(C)(C)C)=CC1.C#CC1=NCC(C(C)(C)C)=C1.C#Cc1cc(C(C)(C)C)on1.C#Cc1cc(C(C)(C)C)sn1.C#Cc1nc(C(C)(C)C)co1.C#Cc1ncc(C(C)(C)C)o1.C#Cc1ncc(C(C)(C)C)s1.C#Cc1nocc1C(C)(C)C.CC(C)(C)N1CC=CC1. The maximum absolute atomic E-state index is 5.25. The predicted molar refractivity (Wildman–Crippen MR) is 408 cm³/mol. The zero-order valence-electron chi connectivity index (χ0n) is 63.2. The van der Waals surface area contributed by atoms with E-state index in [0.717, 1.165) is 76.7 Å². The highest BCUT2D eigenvalue weighted by molar-refractivity contribution is 7.12. The predicted octanol–water partition coefficient (Wildman–Crippen LogP) is 18.8. The molecule has 3 aliphatic heterocycles. The van der Waals surface area contributed by atoms with Crippen LogP contribution in [0.1, 0.15) is 260 Å².